The minimum absolute atomic E-state index is 0.0523. The molecule has 0 radical (unpaired) electrons. The van der Waals surface area contributed by atoms with Gasteiger partial charge in [-0.2, -0.15) is 0 Å². The lowest BCUT2D eigenvalue weighted by Crippen LogP contribution is -2.38. The molecule has 1 aliphatic rings. The molecule has 0 bridgehead atoms. The van der Waals surface area contributed by atoms with Crippen molar-refractivity contribution in [2.45, 2.75) is 64.0 Å². The Morgan fingerprint density at radius 2 is 2.06 bits per heavy atom. The number of hydrogen-bond acceptors (Lipinski definition) is 9. The molecule has 1 fully saturated rings. The molecule has 5 unspecified atom stereocenters. The zero-order valence-corrected chi connectivity index (χ0v) is 18.8. The number of nitrogens with two attached hydrogens (primary N) is 1. The number of hydrogen-bond donors (Lipinski definition) is 2. The first-order valence-electron chi connectivity index (χ1n) is 9.91. The number of fused-ring (bicyclic) bond motifs is 1. The van der Waals surface area contributed by atoms with Crippen LogP contribution < -0.4 is 5.73 Å². The quantitative estimate of drug-likeness (QED) is 0.425. The van der Waals surface area contributed by atoms with Crippen LogP contribution in [-0.4, -0.2) is 67.7 Å². The van der Waals surface area contributed by atoms with Gasteiger partial charge in [-0.1, -0.05) is 19.8 Å². The smallest absolute Gasteiger partial charge is 0.331 e. The highest BCUT2D eigenvalue weighted by Gasteiger charge is 2.51. The molecule has 1 aliphatic heterocycles. The number of imidazole rings is 1. The van der Waals surface area contributed by atoms with Crippen LogP contribution in [0.1, 0.15) is 33.9 Å². The van der Waals surface area contributed by atoms with Crippen molar-refractivity contribution in [3.63, 3.8) is 0 Å². The minimum atomic E-state index is -3.96. The summed E-state index contributed by atoms with van der Waals surface area (Å²) in [5, 5.41) is 0. The van der Waals surface area contributed by atoms with E-state index >= 15 is 0 Å². The highest BCUT2D eigenvalue weighted by molar-refractivity contribution is 7.53. The van der Waals surface area contributed by atoms with Crippen LogP contribution in [-0.2, 0) is 23.3 Å². The molecule has 12 heteroatoms. The molecule has 0 amide bonds. The Bertz CT molecular complexity index is 990. The van der Waals surface area contributed by atoms with Gasteiger partial charge >= 0.3 is 7.60 Å². The number of terminal acetylenes is 1. The molecule has 3 N–H and O–H groups in total. The normalized spacial score (nSPS) is 25.9. The third-order valence-electron chi connectivity index (χ3n) is 4.82. The van der Waals surface area contributed by atoms with E-state index in [1.165, 1.54) is 12.7 Å². The predicted octanol–water partition coefficient (Wildman–Crippen LogP) is 1.73. The number of ether oxygens (including phenoxy) is 3. The second-order valence-electron chi connectivity index (χ2n) is 7.74. The van der Waals surface area contributed by atoms with Gasteiger partial charge < -0.3 is 24.8 Å². The number of rotatable bonds is 9. The van der Waals surface area contributed by atoms with Gasteiger partial charge in [0.05, 0.1) is 24.7 Å². The van der Waals surface area contributed by atoms with E-state index in [-0.39, 0.29) is 25.1 Å². The van der Waals surface area contributed by atoms with E-state index in [1.54, 1.807) is 18.4 Å². The summed E-state index contributed by atoms with van der Waals surface area (Å²) < 4.78 is 37.8. The molecule has 2 aromatic rings. The molecule has 31 heavy (non-hydrogen) atoms. The third kappa shape index (κ3) is 5.06. The lowest BCUT2D eigenvalue weighted by Gasteiger charge is -2.27. The first kappa shape index (κ1) is 23.6. The van der Waals surface area contributed by atoms with Crippen LogP contribution in [0.25, 0.3) is 11.2 Å². The standard InChI is InChI=1S/C19H28N5O6P/c1-6-7-27-16-15(30-31(25,26)12(4)5)13(8-28-11(2)3)29-19(16)24-10-23-14-17(20)21-9-22-18(14)24/h1,9-13,15-16,19H,7-8H2,2-5H3,(H,25,26)(H2,20,21,22). The Labute approximate surface area is 180 Å². The van der Waals surface area contributed by atoms with Gasteiger partial charge in [-0.05, 0) is 13.8 Å². The van der Waals surface area contributed by atoms with Gasteiger partial charge in [0.1, 0.15) is 36.8 Å². The molecule has 0 saturated carbocycles. The van der Waals surface area contributed by atoms with Crippen molar-refractivity contribution < 1.29 is 28.2 Å². The Morgan fingerprint density at radius 1 is 1.32 bits per heavy atom. The van der Waals surface area contributed by atoms with Crippen LogP contribution in [0.15, 0.2) is 12.7 Å². The summed E-state index contributed by atoms with van der Waals surface area (Å²) >= 11 is 0. The van der Waals surface area contributed by atoms with E-state index in [1.807, 2.05) is 13.8 Å². The molecule has 5 atom stereocenters. The number of nitrogen functional groups attached to an aromatic ring is 1. The van der Waals surface area contributed by atoms with E-state index in [9.17, 15) is 9.46 Å². The number of aromatic nitrogens is 4. The first-order valence-corrected chi connectivity index (χ1v) is 11.6. The van der Waals surface area contributed by atoms with Crippen molar-refractivity contribution in [2.75, 3.05) is 18.9 Å². The van der Waals surface area contributed by atoms with Crippen LogP contribution in [0.2, 0.25) is 0 Å². The van der Waals surface area contributed by atoms with Gasteiger partial charge in [-0.25, -0.2) is 15.0 Å². The van der Waals surface area contributed by atoms with Gasteiger partial charge in [0.2, 0.25) is 0 Å². The Morgan fingerprint density at radius 3 is 2.71 bits per heavy atom. The second kappa shape index (κ2) is 9.61. The van der Waals surface area contributed by atoms with Crippen molar-refractivity contribution in [3.05, 3.63) is 12.7 Å². The zero-order valence-electron chi connectivity index (χ0n) is 17.9. The van der Waals surface area contributed by atoms with Crippen LogP contribution in [0.5, 0.6) is 0 Å². The molecule has 2 aromatic heterocycles. The van der Waals surface area contributed by atoms with Gasteiger partial charge in [-0.3, -0.25) is 13.7 Å². The molecular formula is C19H28N5O6P. The fraction of sp³-hybridized carbons (Fsp3) is 0.632. The lowest BCUT2D eigenvalue weighted by atomic mass is 10.1. The molecule has 170 valence electrons. The molecule has 3 rings (SSSR count). The predicted molar refractivity (Wildman–Crippen MR) is 113 cm³/mol. The average molecular weight is 453 g/mol. The van der Waals surface area contributed by atoms with Crippen molar-refractivity contribution in [3.8, 4) is 12.3 Å². The fourth-order valence-electron chi connectivity index (χ4n) is 3.15. The zero-order chi connectivity index (χ0) is 22.8. The maximum atomic E-state index is 12.7. The van der Waals surface area contributed by atoms with Gasteiger partial charge in [0.25, 0.3) is 0 Å². The van der Waals surface area contributed by atoms with Crippen molar-refractivity contribution in [1.82, 2.24) is 19.5 Å². The second-order valence-corrected chi connectivity index (χ2v) is 10.1. The maximum Gasteiger partial charge on any atom is 0.331 e. The van der Waals surface area contributed by atoms with E-state index < -0.39 is 37.8 Å². The largest absolute Gasteiger partial charge is 0.382 e. The Balaban J connectivity index is 2.01. The van der Waals surface area contributed by atoms with Gasteiger partial charge in [0.15, 0.2) is 17.7 Å². The molecular weight excluding hydrogens is 425 g/mol. The minimum Gasteiger partial charge on any atom is -0.382 e. The van der Waals surface area contributed by atoms with E-state index in [0.29, 0.717) is 11.2 Å². The molecule has 3 heterocycles. The SMILES string of the molecule is C#CCOC1C(OP(=O)(O)C(C)C)C(COC(C)C)OC1n1cnc2c(N)ncnc21. The average Bonchev–Trinajstić information content (AvgIpc) is 3.26. The molecule has 0 aliphatic carbocycles. The Hall–Kier alpha value is -2.06. The maximum absolute atomic E-state index is 12.7. The fourth-order valence-corrected chi connectivity index (χ4v) is 4.00. The Kier molecular flexibility index (Phi) is 7.31. The lowest BCUT2D eigenvalue weighted by molar-refractivity contribution is -0.0785. The molecule has 0 spiro atoms. The van der Waals surface area contributed by atoms with Gasteiger partial charge in [0, 0.05) is 0 Å². The van der Waals surface area contributed by atoms with Crippen LogP contribution in [0.3, 0.4) is 0 Å². The highest BCUT2D eigenvalue weighted by Crippen LogP contribution is 2.51. The molecule has 0 aromatic carbocycles. The number of nitrogens with zero attached hydrogens (tertiary/aromatic N) is 4. The summed E-state index contributed by atoms with van der Waals surface area (Å²) in [5.74, 6) is 2.63. The number of anilines is 1. The third-order valence-corrected chi connectivity index (χ3v) is 6.68. The first-order chi connectivity index (χ1) is 14.7. The summed E-state index contributed by atoms with van der Waals surface area (Å²) in [5.41, 5.74) is 6.10. The van der Waals surface area contributed by atoms with Crippen LogP contribution in [0, 0.1) is 12.3 Å². The monoisotopic (exact) mass is 453 g/mol. The molecule has 1 saturated heterocycles. The topological polar surface area (TPSA) is 144 Å². The highest BCUT2D eigenvalue weighted by atomic mass is 31.2. The van der Waals surface area contributed by atoms with Gasteiger partial charge in [-0.15, -0.1) is 6.42 Å². The van der Waals surface area contributed by atoms with Crippen LogP contribution >= 0.6 is 7.60 Å². The summed E-state index contributed by atoms with van der Waals surface area (Å²) in [6.07, 6.45) is 4.87. The van der Waals surface area contributed by atoms with Crippen molar-refractivity contribution in [1.29, 1.82) is 0 Å². The summed E-state index contributed by atoms with van der Waals surface area (Å²) in [6.45, 7) is 7.04. The van der Waals surface area contributed by atoms with E-state index in [2.05, 4.69) is 20.9 Å². The summed E-state index contributed by atoms with van der Waals surface area (Å²) in [7, 11) is -3.96. The van der Waals surface area contributed by atoms with Crippen molar-refractivity contribution >= 4 is 24.6 Å². The van der Waals surface area contributed by atoms with Crippen molar-refractivity contribution in [2.24, 2.45) is 0 Å². The van der Waals surface area contributed by atoms with E-state index in [4.69, 9.17) is 30.9 Å². The summed E-state index contributed by atoms with van der Waals surface area (Å²) in [6, 6.07) is 0. The molecule has 11 nitrogen and oxygen atoms in total. The van der Waals surface area contributed by atoms with E-state index in [0.717, 1.165) is 0 Å². The van der Waals surface area contributed by atoms with Crippen LogP contribution in [0.4, 0.5) is 5.82 Å². The summed E-state index contributed by atoms with van der Waals surface area (Å²) in [4.78, 5) is 22.9.